The molecule has 0 aromatic rings. The lowest BCUT2D eigenvalue weighted by molar-refractivity contribution is 0.0950. The molecule has 0 radical (unpaired) electrons. The highest BCUT2D eigenvalue weighted by Gasteiger charge is 2.40. The van der Waals surface area contributed by atoms with E-state index in [1.54, 1.807) is 0 Å². The molecule has 2 nitrogen and oxygen atoms in total. The first kappa shape index (κ1) is 11.0. The van der Waals surface area contributed by atoms with Crippen molar-refractivity contribution >= 4 is 0 Å². The van der Waals surface area contributed by atoms with Crippen LogP contribution in [0.4, 0.5) is 0 Å². The van der Waals surface area contributed by atoms with E-state index in [4.69, 9.17) is 0 Å². The van der Waals surface area contributed by atoms with Crippen molar-refractivity contribution in [2.75, 3.05) is 19.6 Å². The molecule has 1 heterocycles. The second-order valence-electron chi connectivity index (χ2n) is 6.56. The molecule has 1 aliphatic heterocycles. The Morgan fingerprint density at radius 1 is 1.19 bits per heavy atom. The van der Waals surface area contributed by atoms with Gasteiger partial charge >= 0.3 is 0 Å². The number of nitrogens with zero attached hydrogens (tertiary/aromatic N) is 1. The molecule has 0 spiro atoms. The molecule has 0 aromatic heterocycles. The summed E-state index contributed by atoms with van der Waals surface area (Å²) >= 11 is 0. The molecule has 0 aromatic carbocycles. The summed E-state index contributed by atoms with van der Waals surface area (Å²) in [6.07, 6.45) is 5.96. The van der Waals surface area contributed by atoms with Crippen LogP contribution in [-0.2, 0) is 0 Å². The van der Waals surface area contributed by atoms with Gasteiger partial charge in [0.05, 0.1) is 0 Å². The lowest BCUT2D eigenvalue weighted by Gasteiger charge is -2.42. The molecule has 16 heavy (non-hydrogen) atoms. The molecule has 0 bridgehead atoms. The topological polar surface area (TPSA) is 15.3 Å². The Morgan fingerprint density at radius 3 is 2.50 bits per heavy atom. The molecule has 3 rings (SSSR count). The number of piperazine rings is 1. The van der Waals surface area contributed by atoms with E-state index in [-0.39, 0.29) is 0 Å². The zero-order valence-electron chi connectivity index (χ0n) is 10.8. The van der Waals surface area contributed by atoms with Crippen LogP contribution < -0.4 is 5.32 Å². The van der Waals surface area contributed by atoms with E-state index in [0.717, 1.165) is 29.8 Å². The van der Waals surface area contributed by atoms with Crippen molar-refractivity contribution < 1.29 is 0 Å². The van der Waals surface area contributed by atoms with Crippen LogP contribution in [0.5, 0.6) is 0 Å². The normalized spacial score (nSPS) is 36.9. The summed E-state index contributed by atoms with van der Waals surface area (Å²) in [7, 11) is 0. The lowest BCUT2D eigenvalue weighted by Crippen LogP contribution is -2.59. The SMILES string of the molecule is CC(C)C1CN(CC2CC2)C(C2CC2)CN1. The first-order valence-corrected chi connectivity index (χ1v) is 7.21. The van der Waals surface area contributed by atoms with E-state index in [1.165, 1.54) is 45.3 Å². The van der Waals surface area contributed by atoms with Crippen LogP contribution in [0.2, 0.25) is 0 Å². The zero-order chi connectivity index (χ0) is 11.1. The Morgan fingerprint density at radius 2 is 1.94 bits per heavy atom. The summed E-state index contributed by atoms with van der Waals surface area (Å²) in [6.45, 7) is 8.65. The Labute approximate surface area is 99.8 Å². The average molecular weight is 222 g/mol. The summed E-state index contributed by atoms with van der Waals surface area (Å²) in [5, 5.41) is 3.77. The lowest BCUT2D eigenvalue weighted by atomic mass is 9.97. The van der Waals surface area contributed by atoms with Crippen molar-refractivity contribution in [3.63, 3.8) is 0 Å². The van der Waals surface area contributed by atoms with Gasteiger partial charge in [-0.05, 0) is 43.4 Å². The second kappa shape index (κ2) is 4.30. The predicted molar refractivity (Wildman–Crippen MR) is 67.4 cm³/mol. The van der Waals surface area contributed by atoms with Crippen LogP contribution in [-0.4, -0.2) is 36.6 Å². The van der Waals surface area contributed by atoms with Gasteiger partial charge < -0.3 is 5.32 Å². The highest BCUT2D eigenvalue weighted by Crippen LogP contribution is 2.39. The molecule has 3 fully saturated rings. The number of rotatable bonds is 4. The fourth-order valence-electron chi connectivity index (χ4n) is 3.09. The maximum absolute atomic E-state index is 3.77. The van der Waals surface area contributed by atoms with Crippen LogP contribution >= 0.6 is 0 Å². The fourth-order valence-corrected chi connectivity index (χ4v) is 3.09. The van der Waals surface area contributed by atoms with E-state index in [2.05, 4.69) is 24.1 Å². The van der Waals surface area contributed by atoms with Crippen molar-refractivity contribution in [2.45, 2.75) is 51.6 Å². The minimum absolute atomic E-state index is 0.730. The van der Waals surface area contributed by atoms with Crippen LogP contribution in [0, 0.1) is 17.8 Å². The minimum Gasteiger partial charge on any atom is -0.311 e. The van der Waals surface area contributed by atoms with Gasteiger partial charge in [0, 0.05) is 31.7 Å². The Bertz CT molecular complexity index is 243. The van der Waals surface area contributed by atoms with Gasteiger partial charge in [0.15, 0.2) is 0 Å². The third-order valence-electron chi connectivity index (χ3n) is 4.65. The van der Waals surface area contributed by atoms with Crippen LogP contribution in [0.3, 0.4) is 0 Å². The molecule has 1 N–H and O–H groups in total. The first-order valence-electron chi connectivity index (χ1n) is 7.21. The minimum atomic E-state index is 0.730. The van der Waals surface area contributed by atoms with Crippen molar-refractivity contribution in [3.8, 4) is 0 Å². The van der Waals surface area contributed by atoms with Gasteiger partial charge in [-0.2, -0.15) is 0 Å². The second-order valence-corrected chi connectivity index (χ2v) is 6.56. The molecule has 2 unspecified atom stereocenters. The molecule has 2 aliphatic carbocycles. The molecule has 92 valence electrons. The fraction of sp³-hybridized carbons (Fsp3) is 1.00. The molecule has 2 atom stereocenters. The summed E-state index contributed by atoms with van der Waals surface area (Å²) in [5.41, 5.74) is 0. The molecular weight excluding hydrogens is 196 g/mol. The summed E-state index contributed by atoms with van der Waals surface area (Å²) in [6, 6.07) is 1.60. The maximum Gasteiger partial charge on any atom is 0.0249 e. The van der Waals surface area contributed by atoms with Crippen molar-refractivity contribution in [1.29, 1.82) is 0 Å². The van der Waals surface area contributed by atoms with E-state index >= 15 is 0 Å². The maximum atomic E-state index is 3.77. The Kier molecular flexibility index (Phi) is 2.97. The van der Waals surface area contributed by atoms with Gasteiger partial charge in [-0.1, -0.05) is 13.8 Å². The van der Waals surface area contributed by atoms with Gasteiger partial charge in [-0.3, -0.25) is 4.90 Å². The van der Waals surface area contributed by atoms with Gasteiger partial charge in [0.2, 0.25) is 0 Å². The molecule has 1 saturated heterocycles. The highest BCUT2D eigenvalue weighted by atomic mass is 15.2. The smallest absolute Gasteiger partial charge is 0.0249 e. The molecule has 2 saturated carbocycles. The monoisotopic (exact) mass is 222 g/mol. The van der Waals surface area contributed by atoms with Crippen LogP contribution in [0.25, 0.3) is 0 Å². The van der Waals surface area contributed by atoms with Gasteiger partial charge in [-0.25, -0.2) is 0 Å². The van der Waals surface area contributed by atoms with Gasteiger partial charge in [-0.15, -0.1) is 0 Å². The molecular formula is C14H26N2. The average Bonchev–Trinajstić information content (AvgIpc) is 3.12. The standard InChI is InChI=1S/C14H26N2/c1-10(2)13-9-16(8-11-3-4-11)14(7-15-13)12-5-6-12/h10-15H,3-9H2,1-2H3. The quantitative estimate of drug-likeness (QED) is 0.783. The Hall–Kier alpha value is -0.0800. The highest BCUT2D eigenvalue weighted by molar-refractivity contribution is 4.97. The van der Waals surface area contributed by atoms with Crippen LogP contribution in [0.15, 0.2) is 0 Å². The molecule has 2 heteroatoms. The third-order valence-corrected chi connectivity index (χ3v) is 4.65. The predicted octanol–water partition coefficient (Wildman–Crippen LogP) is 2.10. The molecule has 3 aliphatic rings. The largest absolute Gasteiger partial charge is 0.311 e. The summed E-state index contributed by atoms with van der Waals surface area (Å²) in [4.78, 5) is 2.83. The number of hydrogen-bond donors (Lipinski definition) is 1. The van der Waals surface area contributed by atoms with Crippen molar-refractivity contribution in [3.05, 3.63) is 0 Å². The van der Waals surface area contributed by atoms with Gasteiger partial charge in [0.1, 0.15) is 0 Å². The van der Waals surface area contributed by atoms with E-state index < -0.39 is 0 Å². The van der Waals surface area contributed by atoms with Crippen LogP contribution in [0.1, 0.15) is 39.5 Å². The first-order chi connectivity index (χ1) is 7.74. The zero-order valence-corrected chi connectivity index (χ0v) is 10.8. The molecule has 0 amide bonds. The summed E-state index contributed by atoms with van der Waals surface area (Å²) in [5.74, 6) is 2.85. The summed E-state index contributed by atoms with van der Waals surface area (Å²) < 4.78 is 0. The number of hydrogen-bond acceptors (Lipinski definition) is 2. The van der Waals surface area contributed by atoms with E-state index in [0.29, 0.717) is 0 Å². The van der Waals surface area contributed by atoms with Gasteiger partial charge in [0.25, 0.3) is 0 Å². The van der Waals surface area contributed by atoms with E-state index in [9.17, 15) is 0 Å². The Balaban J connectivity index is 1.61. The van der Waals surface area contributed by atoms with Crippen molar-refractivity contribution in [2.24, 2.45) is 17.8 Å². The van der Waals surface area contributed by atoms with E-state index in [1.807, 2.05) is 0 Å². The number of nitrogens with one attached hydrogen (secondary N) is 1. The van der Waals surface area contributed by atoms with Crippen molar-refractivity contribution in [1.82, 2.24) is 10.2 Å². The third kappa shape index (κ3) is 2.43.